The van der Waals surface area contributed by atoms with Crippen LogP contribution in [-0.4, -0.2) is 30.7 Å². The lowest BCUT2D eigenvalue weighted by Gasteiger charge is -2.60. The van der Waals surface area contributed by atoms with Crippen molar-refractivity contribution < 1.29 is 14.6 Å². The van der Waals surface area contributed by atoms with Gasteiger partial charge in [-0.05, 0) is 79.4 Å². The van der Waals surface area contributed by atoms with Gasteiger partial charge in [-0.15, -0.1) is 0 Å². The zero-order valence-electron chi connectivity index (χ0n) is 15.6. The maximum Gasteiger partial charge on any atom is 0.138 e. The molecule has 4 aliphatic rings. The molecule has 0 saturated heterocycles. The van der Waals surface area contributed by atoms with E-state index < -0.39 is 0 Å². The van der Waals surface area contributed by atoms with E-state index in [1.54, 1.807) is 7.11 Å². The van der Waals surface area contributed by atoms with Gasteiger partial charge in [0.1, 0.15) is 5.78 Å². The van der Waals surface area contributed by atoms with E-state index in [-0.39, 0.29) is 17.4 Å². The van der Waals surface area contributed by atoms with Crippen LogP contribution in [0.2, 0.25) is 0 Å². The number of ketones is 1. The van der Waals surface area contributed by atoms with Crippen molar-refractivity contribution in [2.75, 3.05) is 13.7 Å². The number of aliphatic hydroxyl groups is 1. The molecular weight excluding hydrogens is 300 g/mol. The molecule has 4 fully saturated rings. The molecule has 0 amide bonds. The molecule has 0 aromatic carbocycles. The van der Waals surface area contributed by atoms with Crippen LogP contribution < -0.4 is 0 Å². The van der Waals surface area contributed by atoms with E-state index in [2.05, 4.69) is 13.8 Å². The second-order valence-electron chi connectivity index (χ2n) is 9.82. The van der Waals surface area contributed by atoms with Gasteiger partial charge >= 0.3 is 0 Å². The SMILES string of the molecule is COC[C@@H]1C[C@@]2(C)[C@@H](CC[C@H]3[C@@H]2CC[C@]2(C)[C@@H](O)CC[C@@H]32)CC1=O. The summed E-state index contributed by atoms with van der Waals surface area (Å²) in [6.45, 7) is 5.42. The minimum Gasteiger partial charge on any atom is -0.393 e. The summed E-state index contributed by atoms with van der Waals surface area (Å²) >= 11 is 0. The third-order valence-electron chi connectivity index (χ3n) is 8.97. The fourth-order valence-corrected chi connectivity index (χ4v) is 7.57. The van der Waals surface area contributed by atoms with Crippen molar-refractivity contribution in [1.82, 2.24) is 0 Å². The second kappa shape index (κ2) is 5.81. The molecule has 4 aliphatic carbocycles. The molecule has 0 spiro atoms. The zero-order chi connectivity index (χ0) is 17.1. The van der Waals surface area contributed by atoms with Crippen LogP contribution in [-0.2, 0) is 9.53 Å². The first-order chi connectivity index (χ1) is 11.4. The van der Waals surface area contributed by atoms with Crippen LogP contribution in [0.5, 0.6) is 0 Å². The Kier molecular flexibility index (Phi) is 4.12. The van der Waals surface area contributed by atoms with E-state index >= 15 is 0 Å². The summed E-state index contributed by atoms with van der Waals surface area (Å²) in [5, 5.41) is 10.6. The molecule has 4 saturated carbocycles. The van der Waals surface area contributed by atoms with Gasteiger partial charge in [0.05, 0.1) is 12.7 Å². The molecule has 0 radical (unpaired) electrons. The number of aliphatic hydroxyl groups excluding tert-OH is 1. The van der Waals surface area contributed by atoms with E-state index in [1.165, 1.54) is 32.1 Å². The van der Waals surface area contributed by atoms with Crippen molar-refractivity contribution in [3.05, 3.63) is 0 Å². The van der Waals surface area contributed by atoms with Crippen LogP contribution in [0.4, 0.5) is 0 Å². The summed E-state index contributed by atoms with van der Waals surface area (Å²) in [6, 6.07) is 0. The number of ether oxygens (including phenoxy) is 1. The average Bonchev–Trinajstić information content (AvgIpc) is 2.85. The molecule has 0 unspecified atom stereocenters. The number of hydrogen-bond donors (Lipinski definition) is 1. The predicted molar refractivity (Wildman–Crippen MR) is 93.5 cm³/mol. The van der Waals surface area contributed by atoms with Gasteiger partial charge in [0.15, 0.2) is 0 Å². The number of rotatable bonds is 2. The number of methoxy groups -OCH3 is 1. The maximum atomic E-state index is 12.5. The van der Waals surface area contributed by atoms with Crippen LogP contribution in [0, 0.1) is 40.4 Å². The third kappa shape index (κ3) is 2.26. The first-order valence-electron chi connectivity index (χ1n) is 10.1. The summed E-state index contributed by atoms with van der Waals surface area (Å²) < 4.78 is 5.36. The summed E-state index contributed by atoms with van der Waals surface area (Å²) in [7, 11) is 1.72. The van der Waals surface area contributed by atoms with Crippen molar-refractivity contribution in [2.45, 2.75) is 71.3 Å². The van der Waals surface area contributed by atoms with Gasteiger partial charge in [0.2, 0.25) is 0 Å². The molecule has 0 aliphatic heterocycles. The van der Waals surface area contributed by atoms with Gasteiger partial charge in [0, 0.05) is 19.4 Å². The molecule has 136 valence electrons. The fourth-order valence-electron chi connectivity index (χ4n) is 7.57. The highest BCUT2D eigenvalue weighted by atomic mass is 16.5. The topological polar surface area (TPSA) is 46.5 Å². The van der Waals surface area contributed by atoms with Gasteiger partial charge in [0.25, 0.3) is 0 Å². The first-order valence-corrected chi connectivity index (χ1v) is 10.1. The standard InChI is InChI=1S/C21H34O3/c1-20-9-8-17-15(16(20)6-7-19(20)23)5-4-14-10-18(22)13(12-24-3)11-21(14,17)2/h13-17,19,23H,4-12H2,1-3H3/t13-,14-,15+,16-,17-,19-,20-,21-/m0/s1. The second-order valence-corrected chi connectivity index (χ2v) is 9.82. The van der Waals surface area contributed by atoms with Crippen molar-refractivity contribution >= 4 is 5.78 Å². The van der Waals surface area contributed by atoms with Crippen LogP contribution in [0.25, 0.3) is 0 Å². The Balaban J connectivity index is 1.61. The predicted octanol–water partition coefficient (Wildman–Crippen LogP) is 3.83. The molecule has 24 heavy (non-hydrogen) atoms. The molecule has 1 N–H and O–H groups in total. The highest BCUT2D eigenvalue weighted by Gasteiger charge is 2.60. The monoisotopic (exact) mass is 334 g/mol. The average molecular weight is 335 g/mol. The molecule has 0 heterocycles. The van der Waals surface area contributed by atoms with E-state index in [9.17, 15) is 9.90 Å². The van der Waals surface area contributed by atoms with Gasteiger partial charge in [-0.25, -0.2) is 0 Å². The molecular formula is C21H34O3. The molecule has 0 aromatic heterocycles. The van der Waals surface area contributed by atoms with Gasteiger partial charge in [-0.2, -0.15) is 0 Å². The number of hydrogen-bond acceptors (Lipinski definition) is 3. The molecule has 0 bridgehead atoms. The van der Waals surface area contributed by atoms with Crippen LogP contribution in [0.1, 0.15) is 65.2 Å². The molecule has 3 heteroatoms. The lowest BCUT2D eigenvalue weighted by Crippen LogP contribution is -2.55. The number of carbonyl (C=O) groups is 1. The maximum absolute atomic E-state index is 12.5. The Morgan fingerprint density at radius 3 is 2.58 bits per heavy atom. The van der Waals surface area contributed by atoms with E-state index in [0.717, 1.165) is 31.1 Å². The van der Waals surface area contributed by atoms with Crippen molar-refractivity contribution in [1.29, 1.82) is 0 Å². The quantitative estimate of drug-likeness (QED) is 0.835. The largest absolute Gasteiger partial charge is 0.393 e. The summed E-state index contributed by atoms with van der Waals surface area (Å²) in [6.07, 6.45) is 8.82. The van der Waals surface area contributed by atoms with Crippen LogP contribution in [0.15, 0.2) is 0 Å². The summed E-state index contributed by atoms with van der Waals surface area (Å²) in [5.74, 6) is 3.33. The van der Waals surface area contributed by atoms with Crippen LogP contribution >= 0.6 is 0 Å². The Hall–Kier alpha value is -0.410. The van der Waals surface area contributed by atoms with Gasteiger partial charge in [-0.1, -0.05) is 13.8 Å². The van der Waals surface area contributed by atoms with E-state index in [0.29, 0.717) is 29.6 Å². The van der Waals surface area contributed by atoms with Gasteiger partial charge in [-0.3, -0.25) is 4.79 Å². The minimum absolute atomic E-state index is 0.0943. The van der Waals surface area contributed by atoms with E-state index in [4.69, 9.17) is 4.74 Å². The number of Topliss-reactive ketones (excluding diaryl/α,β-unsaturated/α-hetero) is 1. The Morgan fingerprint density at radius 1 is 1.08 bits per heavy atom. The zero-order valence-corrected chi connectivity index (χ0v) is 15.6. The van der Waals surface area contributed by atoms with Crippen molar-refractivity contribution in [3.63, 3.8) is 0 Å². The third-order valence-corrected chi connectivity index (χ3v) is 8.97. The smallest absolute Gasteiger partial charge is 0.138 e. The Morgan fingerprint density at radius 2 is 1.83 bits per heavy atom. The normalized spacial score (nSPS) is 54.1. The highest BCUT2D eigenvalue weighted by molar-refractivity contribution is 5.82. The van der Waals surface area contributed by atoms with E-state index in [1.807, 2.05) is 0 Å². The molecule has 3 nitrogen and oxygen atoms in total. The van der Waals surface area contributed by atoms with Crippen molar-refractivity contribution in [2.24, 2.45) is 40.4 Å². The summed E-state index contributed by atoms with van der Waals surface area (Å²) in [4.78, 5) is 12.5. The highest BCUT2D eigenvalue weighted by Crippen LogP contribution is 2.66. The lowest BCUT2D eigenvalue weighted by molar-refractivity contribution is -0.152. The molecule has 8 atom stereocenters. The van der Waals surface area contributed by atoms with Crippen LogP contribution in [0.3, 0.4) is 0 Å². The van der Waals surface area contributed by atoms with Gasteiger partial charge < -0.3 is 9.84 Å². The fraction of sp³-hybridized carbons (Fsp3) is 0.952. The lowest BCUT2D eigenvalue weighted by atomic mass is 9.44. The Labute approximate surface area is 146 Å². The first kappa shape index (κ1) is 17.0. The number of carbonyl (C=O) groups excluding carboxylic acids is 1. The summed E-state index contributed by atoms with van der Waals surface area (Å²) in [5.41, 5.74) is 0.454. The molecule has 0 aromatic rings. The van der Waals surface area contributed by atoms with Crippen molar-refractivity contribution in [3.8, 4) is 0 Å². The molecule has 4 rings (SSSR count). The minimum atomic E-state index is -0.0943. The Bertz CT molecular complexity index is 517. The number of fused-ring (bicyclic) bond motifs is 5.